The zero-order valence-electron chi connectivity index (χ0n) is 13.8. The molecule has 0 aliphatic heterocycles. The van der Waals surface area contributed by atoms with Gasteiger partial charge in [0.05, 0.1) is 12.9 Å². The van der Waals surface area contributed by atoms with E-state index in [1.165, 1.54) is 6.07 Å². The molecular weight excluding hydrogens is 372 g/mol. The monoisotopic (exact) mass is 390 g/mol. The van der Waals surface area contributed by atoms with Gasteiger partial charge in [0.1, 0.15) is 4.21 Å². The summed E-state index contributed by atoms with van der Waals surface area (Å²) in [5.74, 6) is -0.387. The minimum atomic E-state index is -3.64. The molecule has 26 heavy (non-hydrogen) atoms. The molecule has 3 aromatic rings. The summed E-state index contributed by atoms with van der Waals surface area (Å²) in [6, 6.07) is 10.9. The van der Waals surface area contributed by atoms with Crippen LogP contribution in [0.3, 0.4) is 0 Å². The van der Waals surface area contributed by atoms with Gasteiger partial charge in [-0.15, -0.1) is 11.3 Å². The van der Waals surface area contributed by atoms with Crippen molar-refractivity contribution in [2.75, 3.05) is 6.54 Å². The largest absolute Gasteiger partial charge is 0.351 e. The number of rotatable bonds is 8. The third kappa shape index (κ3) is 4.78. The molecule has 2 N–H and O–H groups in total. The topological polar surface area (TPSA) is 93.1 Å². The number of hydrogen-bond acceptors (Lipinski definition) is 5. The molecule has 0 unspecified atom stereocenters. The molecule has 0 fully saturated rings. The van der Waals surface area contributed by atoms with Crippen LogP contribution in [0.5, 0.6) is 0 Å². The summed E-state index contributed by atoms with van der Waals surface area (Å²) in [5, 5.41) is 4.42. The Balaban J connectivity index is 1.55. The molecular formula is C17H18N4O3S2. The Bertz CT molecular complexity index is 952. The highest BCUT2D eigenvalue weighted by molar-refractivity contribution is 7.91. The van der Waals surface area contributed by atoms with Gasteiger partial charge in [-0.3, -0.25) is 4.79 Å². The first-order chi connectivity index (χ1) is 12.5. The molecule has 2 heterocycles. The molecule has 2 aromatic heterocycles. The summed E-state index contributed by atoms with van der Waals surface area (Å²) >= 11 is 1.11. The van der Waals surface area contributed by atoms with E-state index in [2.05, 4.69) is 15.0 Å². The number of nitrogens with one attached hydrogen (secondary N) is 2. The maximum absolute atomic E-state index is 12.0. The zero-order valence-corrected chi connectivity index (χ0v) is 15.5. The fourth-order valence-electron chi connectivity index (χ4n) is 2.37. The number of nitrogens with zero attached hydrogens (tertiary/aromatic N) is 2. The van der Waals surface area contributed by atoms with Crippen LogP contribution in [0, 0.1) is 0 Å². The number of carbonyl (C=O) groups excluding carboxylic acids is 1. The Hall–Kier alpha value is -2.49. The maximum Gasteiger partial charge on any atom is 0.250 e. The lowest BCUT2D eigenvalue weighted by Crippen LogP contribution is -2.36. The van der Waals surface area contributed by atoms with Crippen LogP contribution in [0.1, 0.15) is 11.1 Å². The van der Waals surface area contributed by atoms with E-state index in [1.807, 2.05) is 35.0 Å². The SMILES string of the molecule is O=C(CNS(=O)(=O)c1cccs1)NCc1ccccc1Cn1ccnc1. The van der Waals surface area contributed by atoms with Crippen LogP contribution in [-0.2, 0) is 27.9 Å². The molecule has 136 valence electrons. The number of hydrogen-bond donors (Lipinski definition) is 2. The molecule has 0 spiro atoms. The zero-order chi connectivity index (χ0) is 18.4. The quantitative estimate of drug-likeness (QED) is 0.611. The summed E-state index contributed by atoms with van der Waals surface area (Å²) in [6.45, 7) is 0.672. The van der Waals surface area contributed by atoms with Crippen LogP contribution < -0.4 is 10.0 Å². The van der Waals surface area contributed by atoms with Crippen molar-refractivity contribution in [3.8, 4) is 0 Å². The molecule has 0 bridgehead atoms. The number of sulfonamides is 1. The summed E-state index contributed by atoms with van der Waals surface area (Å²) in [7, 11) is -3.64. The van der Waals surface area contributed by atoms with Crippen molar-refractivity contribution in [1.82, 2.24) is 19.6 Å². The van der Waals surface area contributed by atoms with Crippen molar-refractivity contribution >= 4 is 27.3 Å². The molecule has 0 atom stereocenters. The van der Waals surface area contributed by atoms with Gasteiger partial charge >= 0.3 is 0 Å². The van der Waals surface area contributed by atoms with Crippen molar-refractivity contribution in [3.63, 3.8) is 0 Å². The molecule has 1 aromatic carbocycles. The molecule has 0 radical (unpaired) electrons. The molecule has 0 aliphatic carbocycles. The number of amides is 1. The van der Waals surface area contributed by atoms with Gasteiger partial charge in [-0.25, -0.2) is 18.1 Å². The van der Waals surface area contributed by atoms with Crippen LogP contribution in [0.4, 0.5) is 0 Å². The molecule has 3 rings (SSSR count). The number of benzene rings is 1. The average molecular weight is 390 g/mol. The maximum atomic E-state index is 12.0. The van der Waals surface area contributed by atoms with Gasteiger partial charge in [-0.1, -0.05) is 30.3 Å². The lowest BCUT2D eigenvalue weighted by atomic mass is 10.1. The third-order valence-electron chi connectivity index (χ3n) is 3.69. The standard InChI is InChI=1S/C17H18N4O3S2/c22-16(11-20-26(23,24)17-6-3-9-25-17)19-10-14-4-1-2-5-15(14)12-21-8-7-18-13-21/h1-9,13,20H,10-12H2,(H,19,22). The van der Waals surface area contributed by atoms with E-state index in [9.17, 15) is 13.2 Å². The number of carbonyl (C=O) groups is 1. The highest BCUT2D eigenvalue weighted by atomic mass is 32.2. The Labute approximate surface area is 155 Å². The van der Waals surface area contributed by atoms with Crippen LogP contribution in [0.2, 0.25) is 0 Å². The molecule has 0 aliphatic rings. The number of thiophene rings is 1. The smallest absolute Gasteiger partial charge is 0.250 e. The Morgan fingerprint density at radius 2 is 1.96 bits per heavy atom. The minimum absolute atomic E-state index is 0.191. The molecule has 9 heteroatoms. The Morgan fingerprint density at radius 1 is 1.15 bits per heavy atom. The van der Waals surface area contributed by atoms with E-state index < -0.39 is 10.0 Å². The van der Waals surface area contributed by atoms with Gasteiger partial charge in [0.2, 0.25) is 5.91 Å². The van der Waals surface area contributed by atoms with Crippen LogP contribution in [0.25, 0.3) is 0 Å². The lowest BCUT2D eigenvalue weighted by molar-refractivity contribution is -0.120. The lowest BCUT2D eigenvalue weighted by Gasteiger charge is -2.11. The van der Waals surface area contributed by atoms with Crippen molar-refractivity contribution in [1.29, 1.82) is 0 Å². The van der Waals surface area contributed by atoms with Crippen molar-refractivity contribution < 1.29 is 13.2 Å². The van der Waals surface area contributed by atoms with E-state index in [-0.39, 0.29) is 16.7 Å². The van der Waals surface area contributed by atoms with Gasteiger partial charge in [-0.2, -0.15) is 0 Å². The second kappa shape index (κ2) is 8.26. The van der Waals surface area contributed by atoms with Gasteiger partial charge in [0.25, 0.3) is 10.0 Å². The highest BCUT2D eigenvalue weighted by Gasteiger charge is 2.16. The third-order valence-corrected chi connectivity index (χ3v) is 6.49. The minimum Gasteiger partial charge on any atom is -0.351 e. The fourth-order valence-corrected chi connectivity index (χ4v) is 4.39. The van der Waals surface area contributed by atoms with Crippen LogP contribution in [-0.4, -0.2) is 30.4 Å². The summed E-state index contributed by atoms with van der Waals surface area (Å²) in [4.78, 5) is 16.0. The summed E-state index contributed by atoms with van der Waals surface area (Å²) in [5.41, 5.74) is 2.03. The molecule has 1 amide bonds. The first-order valence-corrected chi connectivity index (χ1v) is 10.2. The summed E-state index contributed by atoms with van der Waals surface area (Å²) in [6.07, 6.45) is 5.31. The van der Waals surface area contributed by atoms with Gasteiger partial charge in [0.15, 0.2) is 0 Å². The second-order valence-electron chi connectivity index (χ2n) is 5.54. The van der Waals surface area contributed by atoms with E-state index in [1.54, 1.807) is 24.0 Å². The summed E-state index contributed by atoms with van der Waals surface area (Å²) < 4.78 is 28.5. The predicted molar refractivity (Wildman–Crippen MR) is 99.1 cm³/mol. The van der Waals surface area contributed by atoms with E-state index in [4.69, 9.17) is 0 Å². The number of aromatic nitrogens is 2. The van der Waals surface area contributed by atoms with E-state index >= 15 is 0 Å². The van der Waals surface area contributed by atoms with Crippen LogP contribution >= 0.6 is 11.3 Å². The highest BCUT2D eigenvalue weighted by Crippen LogP contribution is 2.15. The number of imidazole rings is 1. The Kier molecular flexibility index (Phi) is 5.82. The van der Waals surface area contributed by atoms with E-state index in [0.29, 0.717) is 13.1 Å². The molecule has 0 saturated carbocycles. The molecule has 7 nitrogen and oxygen atoms in total. The molecule has 0 saturated heterocycles. The first-order valence-electron chi connectivity index (χ1n) is 7.87. The van der Waals surface area contributed by atoms with Gasteiger partial charge < -0.3 is 9.88 Å². The average Bonchev–Trinajstić information content (AvgIpc) is 3.33. The second-order valence-corrected chi connectivity index (χ2v) is 8.48. The first kappa shape index (κ1) is 18.3. The van der Waals surface area contributed by atoms with Crippen LogP contribution in [0.15, 0.2) is 64.7 Å². The predicted octanol–water partition coefficient (Wildman–Crippen LogP) is 1.59. The van der Waals surface area contributed by atoms with Crippen molar-refractivity contribution in [2.45, 2.75) is 17.3 Å². The van der Waals surface area contributed by atoms with Gasteiger partial charge in [0, 0.05) is 25.5 Å². The fraction of sp³-hybridized carbons (Fsp3) is 0.176. The van der Waals surface area contributed by atoms with Crippen molar-refractivity contribution in [2.24, 2.45) is 0 Å². The van der Waals surface area contributed by atoms with Crippen molar-refractivity contribution in [3.05, 3.63) is 71.6 Å². The Morgan fingerprint density at radius 3 is 2.65 bits per heavy atom. The van der Waals surface area contributed by atoms with Gasteiger partial charge in [-0.05, 0) is 22.6 Å². The van der Waals surface area contributed by atoms with E-state index in [0.717, 1.165) is 22.5 Å². The normalized spacial score (nSPS) is 11.4.